The molecule has 1 atom stereocenters. The van der Waals surface area contributed by atoms with Crippen LogP contribution in [0.3, 0.4) is 0 Å². The lowest BCUT2D eigenvalue weighted by Crippen LogP contribution is -2.64. The van der Waals surface area contributed by atoms with Gasteiger partial charge in [-0.1, -0.05) is 19.3 Å². The third-order valence-electron chi connectivity index (χ3n) is 4.62. The van der Waals surface area contributed by atoms with E-state index in [1.54, 1.807) is 0 Å². The molecular weight excluding hydrogens is 288 g/mol. The number of carbonyl (C=O) groups excluding carboxylic acids is 3. The minimum absolute atomic E-state index is 0.324. The van der Waals surface area contributed by atoms with Crippen LogP contribution in [0.5, 0.6) is 0 Å². The summed E-state index contributed by atoms with van der Waals surface area (Å²) in [6.07, 6.45) is 3.83. The van der Waals surface area contributed by atoms with Gasteiger partial charge in [0.25, 0.3) is 0 Å². The van der Waals surface area contributed by atoms with Crippen molar-refractivity contribution in [1.29, 1.82) is 0 Å². The minimum atomic E-state index is -1.03. The molecule has 0 bridgehead atoms. The second-order valence-electron chi connectivity index (χ2n) is 5.81. The Kier molecular flexibility index (Phi) is 3.57. The Morgan fingerprint density at radius 3 is 2.57 bits per heavy atom. The SMILES string of the molecule is CC(c1ccsc1)N1C(=O)NC(=O)C2(CCCCC2)C1=O. The first-order chi connectivity index (χ1) is 10.1. The molecule has 1 aromatic rings. The summed E-state index contributed by atoms with van der Waals surface area (Å²) >= 11 is 1.53. The second-order valence-corrected chi connectivity index (χ2v) is 6.59. The summed E-state index contributed by atoms with van der Waals surface area (Å²) in [6.45, 7) is 1.83. The number of rotatable bonds is 2. The van der Waals surface area contributed by atoms with Crippen LogP contribution in [0.15, 0.2) is 16.8 Å². The molecule has 1 spiro atoms. The Balaban J connectivity index is 1.95. The lowest BCUT2D eigenvalue weighted by Gasteiger charge is -2.43. The number of barbiturate groups is 1. The first-order valence-electron chi connectivity index (χ1n) is 7.27. The monoisotopic (exact) mass is 306 g/mol. The van der Waals surface area contributed by atoms with E-state index in [0.29, 0.717) is 12.8 Å². The molecule has 1 aliphatic heterocycles. The Bertz CT molecular complexity index is 576. The molecule has 1 saturated heterocycles. The Hall–Kier alpha value is -1.69. The molecule has 1 aromatic heterocycles. The molecule has 2 aliphatic rings. The van der Waals surface area contributed by atoms with Crippen molar-refractivity contribution < 1.29 is 14.4 Å². The van der Waals surface area contributed by atoms with Crippen molar-refractivity contribution in [3.05, 3.63) is 22.4 Å². The molecule has 6 heteroatoms. The summed E-state index contributed by atoms with van der Waals surface area (Å²) < 4.78 is 0. The molecule has 2 fully saturated rings. The number of carbonyl (C=O) groups is 3. The molecule has 3 rings (SSSR count). The summed E-state index contributed by atoms with van der Waals surface area (Å²) in [6, 6.07) is 0.954. The largest absolute Gasteiger partial charge is 0.331 e. The minimum Gasteiger partial charge on any atom is -0.277 e. The number of nitrogens with zero attached hydrogens (tertiary/aromatic N) is 1. The standard InChI is InChI=1S/C15H18N2O3S/c1-10(11-5-8-21-9-11)17-13(19)15(6-3-2-4-7-15)12(18)16-14(17)20/h5,8-10H,2-4,6-7H2,1H3,(H,16,18,20). The molecule has 5 nitrogen and oxygen atoms in total. The van der Waals surface area contributed by atoms with Crippen LogP contribution in [0.1, 0.15) is 50.6 Å². The lowest BCUT2D eigenvalue weighted by molar-refractivity contribution is -0.155. The van der Waals surface area contributed by atoms with Gasteiger partial charge in [-0.25, -0.2) is 4.79 Å². The molecule has 1 N–H and O–H groups in total. The van der Waals surface area contributed by atoms with Gasteiger partial charge in [-0.05, 0) is 42.2 Å². The lowest BCUT2D eigenvalue weighted by atomic mass is 9.71. The molecule has 0 aromatic carbocycles. The van der Waals surface area contributed by atoms with Gasteiger partial charge < -0.3 is 0 Å². The summed E-state index contributed by atoms with van der Waals surface area (Å²) in [5.41, 5.74) is -0.111. The summed E-state index contributed by atoms with van der Waals surface area (Å²) in [5.74, 6) is -0.736. The first kappa shape index (κ1) is 14.3. The van der Waals surface area contributed by atoms with E-state index in [1.807, 2.05) is 23.8 Å². The average molecular weight is 306 g/mol. The maximum absolute atomic E-state index is 12.9. The van der Waals surface area contributed by atoms with Crippen molar-refractivity contribution in [2.45, 2.75) is 45.1 Å². The van der Waals surface area contributed by atoms with Gasteiger partial charge in [0, 0.05) is 0 Å². The van der Waals surface area contributed by atoms with E-state index in [-0.39, 0.29) is 11.9 Å². The van der Waals surface area contributed by atoms with Crippen molar-refractivity contribution in [3.8, 4) is 0 Å². The third-order valence-corrected chi connectivity index (χ3v) is 5.32. The average Bonchev–Trinajstić information content (AvgIpc) is 3.00. The fourth-order valence-corrected chi connectivity index (χ4v) is 4.05. The van der Waals surface area contributed by atoms with E-state index in [2.05, 4.69) is 5.32 Å². The normalized spacial score (nSPS) is 23.3. The highest BCUT2D eigenvalue weighted by atomic mass is 32.1. The zero-order chi connectivity index (χ0) is 15.0. The van der Waals surface area contributed by atoms with Crippen LogP contribution in [-0.2, 0) is 9.59 Å². The smallest absolute Gasteiger partial charge is 0.277 e. The van der Waals surface area contributed by atoms with Crippen LogP contribution < -0.4 is 5.32 Å². The highest BCUT2D eigenvalue weighted by molar-refractivity contribution is 7.08. The topological polar surface area (TPSA) is 66.5 Å². The van der Waals surface area contributed by atoms with E-state index >= 15 is 0 Å². The predicted molar refractivity (Wildman–Crippen MR) is 78.6 cm³/mol. The predicted octanol–water partition coefficient (Wildman–Crippen LogP) is 2.84. The Morgan fingerprint density at radius 1 is 1.24 bits per heavy atom. The molecule has 1 saturated carbocycles. The summed E-state index contributed by atoms with van der Waals surface area (Å²) in [7, 11) is 0. The molecule has 2 heterocycles. The van der Waals surface area contributed by atoms with Gasteiger partial charge in [-0.2, -0.15) is 11.3 Å². The summed E-state index contributed by atoms with van der Waals surface area (Å²) in [4.78, 5) is 38.6. The van der Waals surface area contributed by atoms with Crippen LogP contribution in [0.2, 0.25) is 0 Å². The maximum Gasteiger partial charge on any atom is 0.331 e. The van der Waals surface area contributed by atoms with Crippen molar-refractivity contribution in [2.75, 3.05) is 0 Å². The molecule has 112 valence electrons. The maximum atomic E-state index is 12.9. The van der Waals surface area contributed by atoms with E-state index in [4.69, 9.17) is 0 Å². The number of imide groups is 2. The van der Waals surface area contributed by atoms with Crippen LogP contribution >= 0.6 is 11.3 Å². The van der Waals surface area contributed by atoms with Crippen molar-refractivity contribution in [3.63, 3.8) is 0 Å². The van der Waals surface area contributed by atoms with Gasteiger partial charge in [-0.15, -0.1) is 0 Å². The number of hydrogen-bond donors (Lipinski definition) is 1. The zero-order valence-corrected chi connectivity index (χ0v) is 12.7. The van der Waals surface area contributed by atoms with Crippen molar-refractivity contribution in [1.82, 2.24) is 10.2 Å². The van der Waals surface area contributed by atoms with Crippen LogP contribution in [0.25, 0.3) is 0 Å². The van der Waals surface area contributed by atoms with Gasteiger partial charge in [0.05, 0.1) is 6.04 Å². The molecule has 1 unspecified atom stereocenters. The van der Waals surface area contributed by atoms with Crippen molar-refractivity contribution >= 4 is 29.2 Å². The molecule has 21 heavy (non-hydrogen) atoms. The zero-order valence-electron chi connectivity index (χ0n) is 11.9. The molecule has 4 amide bonds. The van der Waals surface area contributed by atoms with Gasteiger partial charge >= 0.3 is 6.03 Å². The van der Waals surface area contributed by atoms with Gasteiger partial charge in [0.15, 0.2) is 0 Å². The summed E-state index contributed by atoms with van der Waals surface area (Å²) in [5, 5.41) is 6.24. The Labute approximate surface area is 127 Å². The number of amides is 4. The van der Waals surface area contributed by atoms with Gasteiger partial charge in [-0.3, -0.25) is 19.8 Å². The molecular formula is C15H18N2O3S. The number of urea groups is 1. The number of hydrogen-bond acceptors (Lipinski definition) is 4. The van der Waals surface area contributed by atoms with Crippen LogP contribution in [-0.4, -0.2) is 22.7 Å². The van der Waals surface area contributed by atoms with E-state index < -0.39 is 17.4 Å². The quantitative estimate of drug-likeness (QED) is 0.854. The van der Waals surface area contributed by atoms with Gasteiger partial charge in [0.2, 0.25) is 11.8 Å². The first-order valence-corrected chi connectivity index (χ1v) is 8.22. The number of thiophene rings is 1. The third kappa shape index (κ3) is 2.18. The second kappa shape index (κ2) is 5.26. The highest BCUT2D eigenvalue weighted by Crippen LogP contribution is 2.42. The van der Waals surface area contributed by atoms with Crippen LogP contribution in [0.4, 0.5) is 4.79 Å². The van der Waals surface area contributed by atoms with Gasteiger partial charge in [0.1, 0.15) is 5.41 Å². The fraction of sp³-hybridized carbons (Fsp3) is 0.533. The van der Waals surface area contributed by atoms with E-state index in [9.17, 15) is 14.4 Å². The fourth-order valence-electron chi connectivity index (χ4n) is 3.31. The Morgan fingerprint density at radius 2 is 1.95 bits per heavy atom. The van der Waals surface area contributed by atoms with Crippen LogP contribution in [0, 0.1) is 5.41 Å². The number of nitrogens with one attached hydrogen (secondary N) is 1. The van der Waals surface area contributed by atoms with E-state index in [0.717, 1.165) is 24.8 Å². The highest BCUT2D eigenvalue weighted by Gasteiger charge is 2.54. The molecule has 0 radical (unpaired) electrons. The molecule has 1 aliphatic carbocycles. The van der Waals surface area contributed by atoms with Crippen molar-refractivity contribution in [2.24, 2.45) is 5.41 Å². The van der Waals surface area contributed by atoms with E-state index in [1.165, 1.54) is 16.2 Å².